The van der Waals surface area contributed by atoms with E-state index in [0.29, 0.717) is 29.8 Å². The van der Waals surface area contributed by atoms with Gasteiger partial charge in [0.25, 0.3) is 0 Å². The predicted molar refractivity (Wildman–Crippen MR) is 164 cm³/mol. The van der Waals surface area contributed by atoms with Gasteiger partial charge in [-0.05, 0) is 59.9 Å². The van der Waals surface area contributed by atoms with Crippen molar-refractivity contribution in [2.75, 3.05) is 0 Å². The molecule has 0 radical (unpaired) electrons. The SMILES string of the molecule is CCCCc1cc2c3c4[n+](ccc3c1)C1(n3nc(C(F)(F)F)cc3-c3cccc[n+]31)C(CC)(CC)c1ccc(F)c(c1-4)C2(C)C. The summed E-state index contributed by atoms with van der Waals surface area (Å²) in [6.07, 6.45) is 3.56. The minimum atomic E-state index is -4.61. The molecule has 1 spiro atoms. The lowest BCUT2D eigenvalue weighted by molar-refractivity contribution is -1.000. The fraction of sp³-hybridized carbons (Fsp3) is 0.378. The second-order valence-corrected chi connectivity index (χ2v) is 13.4. The standard InChI is InChI=1S/C37H36F4N4/c1-6-9-12-22-19-23-16-18-44-33-30(23)25(20-22)34(4,5)32-26(38)15-14-24(31(32)33)35(7-2,8-3)37(44)43-17-11-10-13-27(43)28-21-29(36(39,40)41)42-45(28)37/h10-11,13-21H,6-9,12H2,1-5H3/q+2. The molecule has 0 saturated heterocycles. The molecule has 45 heavy (non-hydrogen) atoms. The van der Waals surface area contributed by atoms with E-state index in [1.54, 1.807) is 10.7 Å². The predicted octanol–water partition coefficient (Wildman–Crippen LogP) is 8.18. The normalized spacial score (nSPS) is 19.7. The molecule has 8 heteroatoms. The number of halogens is 4. The number of nitrogens with zero attached hydrogens (tertiary/aromatic N) is 4. The quantitative estimate of drug-likeness (QED) is 0.145. The van der Waals surface area contributed by atoms with Crippen LogP contribution in [0, 0.1) is 5.82 Å². The van der Waals surface area contributed by atoms with E-state index in [1.807, 2.05) is 36.7 Å². The Morgan fingerprint density at radius 2 is 1.67 bits per heavy atom. The lowest BCUT2D eigenvalue weighted by Gasteiger charge is -2.46. The highest BCUT2D eigenvalue weighted by Crippen LogP contribution is 2.59. The largest absolute Gasteiger partial charge is 0.478 e. The monoisotopic (exact) mass is 612 g/mol. The summed E-state index contributed by atoms with van der Waals surface area (Å²) in [6.45, 7) is 10.6. The van der Waals surface area contributed by atoms with Crippen molar-refractivity contribution < 1.29 is 26.7 Å². The molecule has 4 nitrogen and oxygen atoms in total. The van der Waals surface area contributed by atoms with Crippen molar-refractivity contribution in [2.45, 2.75) is 89.5 Å². The fourth-order valence-corrected chi connectivity index (χ4v) is 9.10. The number of hydrogen-bond donors (Lipinski definition) is 0. The summed E-state index contributed by atoms with van der Waals surface area (Å²) >= 11 is 0. The highest BCUT2D eigenvalue weighted by molar-refractivity contribution is 6.01. The minimum Gasteiger partial charge on any atom is -0.207 e. The smallest absolute Gasteiger partial charge is 0.207 e. The van der Waals surface area contributed by atoms with E-state index in [1.165, 1.54) is 11.6 Å². The van der Waals surface area contributed by atoms with E-state index in [2.05, 4.69) is 67.1 Å². The van der Waals surface area contributed by atoms with Crippen molar-refractivity contribution in [1.82, 2.24) is 9.78 Å². The molecule has 1 aliphatic carbocycles. The molecule has 1 unspecified atom stereocenters. The van der Waals surface area contributed by atoms with Crippen LogP contribution in [0.4, 0.5) is 17.6 Å². The van der Waals surface area contributed by atoms with Crippen molar-refractivity contribution in [3.05, 3.63) is 101 Å². The molecule has 230 valence electrons. The number of fused-ring (bicyclic) bond motifs is 6. The van der Waals surface area contributed by atoms with Crippen molar-refractivity contribution >= 4 is 10.8 Å². The van der Waals surface area contributed by atoms with Crippen LogP contribution >= 0.6 is 0 Å². The van der Waals surface area contributed by atoms with Gasteiger partial charge in [-0.1, -0.05) is 59.2 Å². The molecule has 0 fully saturated rings. The molecule has 0 amide bonds. The van der Waals surface area contributed by atoms with Gasteiger partial charge in [-0.15, -0.1) is 13.8 Å². The molecule has 1 atom stereocenters. The maximum absolute atomic E-state index is 16.4. The second kappa shape index (κ2) is 9.02. The number of aromatic nitrogens is 4. The van der Waals surface area contributed by atoms with Gasteiger partial charge in [0.05, 0.1) is 10.9 Å². The van der Waals surface area contributed by atoms with Gasteiger partial charge in [-0.2, -0.15) is 18.3 Å². The van der Waals surface area contributed by atoms with Gasteiger partial charge < -0.3 is 0 Å². The van der Waals surface area contributed by atoms with Crippen molar-refractivity contribution in [2.24, 2.45) is 0 Å². The second-order valence-electron chi connectivity index (χ2n) is 13.4. The van der Waals surface area contributed by atoms with Crippen LogP contribution in [0.1, 0.15) is 88.2 Å². The van der Waals surface area contributed by atoms with Crippen LogP contribution in [0.2, 0.25) is 0 Å². The highest BCUT2D eigenvalue weighted by atomic mass is 19.4. The third-order valence-corrected chi connectivity index (χ3v) is 11.1. The molecule has 8 rings (SSSR count). The van der Waals surface area contributed by atoms with Crippen LogP contribution in [-0.2, 0) is 29.2 Å². The van der Waals surface area contributed by atoms with Crippen LogP contribution < -0.4 is 9.13 Å². The average molecular weight is 613 g/mol. The van der Waals surface area contributed by atoms with Crippen molar-refractivity contribution in [1.29, 1.82) is 0 Å². The minimum absolute atomic E-state index is 0.261. The summed E-state index contributed by atoms with van der Waals surface area (Å²) < 4.78 is 65.3. The van der Waals surface area contributed by atoms with Crippen LogP contribution in [0.15, 0.2) is 67.0 Å². The molecule has 2 aromatic carbocycles. The van der Waals surface area contributed by atoms with Gasteiger partial charge in [0, 0.05) is 35.2 Å². The third kappa shape index (κ3) is 3.20. The van der Waals surface area contributed by atoms with Crippen LogP contribution in [0.5, 0.6) is 0 Å². The molecule has 0 saturated carbocycles. The zero-order valence-electron chi connectivity index (χ0n) is 26.2. The zero-order chi connectivity index (χ0) is 31.7. The lowest BCUT2D eigenvalue weighted by atomic mass is 9.60. The molecule has 5 aromatic rings. The molecule has 0 N–H and O–H groups in total. The summed E-state index contributed by atoms with van der Waals surface area (Å²) in [5.74, 6) is -1.50. The average Bonchev–Trinajstić information content (AvgIpc) is 3.58. The van der Waals surface area contributed by atoms with Crippen LogP contribution in [-0.4, -0.2) is 9.78 Å². The summed E-state index contributed by atoms with van der Waals surface area (Å²) in [7, 11) is 0. The number of aryl methyl sites for hydroxylation is 1. The van der Waals surface area contributed by atoms with E-state index in [0.717, 1.165) is 52.4 Å². The summed E-state index contributed by atoms with van der Waals surface area (Å²) in [5.41, 5.74) is 4.28. The van der Waals surface area contributed by atoms with E-state index in [-0.39, 0.29) is 5.82 Å². The van der Waals surface area contributed by atoms with Gasteiger partial charge in [0.2, 0.25) is 11.4 Å². The number of rotatable bonds is 5. The fourth-order valence-electron chi connectivity index (χ4n) is 9.10. The molecule has 2 aliphatic heterocycles. The highest BCUT2D eigenvalue weighted by Gasteiger charge is 2.77. The Hall–Kier alpha value is -4.07. The van der Waals surface area contributed by atoms with Gasteiger partial charge in [0.1, 0.15) is 11.5 Å². The molecule has 0 bridgehead atoms. The Kier molecular flexibility index (Phi) is 5.69. The Bertz CT molecular complexity index is 2070. The summed E-state index contributed by atoms with van der Waals surface area (Å²) in [5, 5.41) is 6.49. The Morgan fingerprint density at radius 1 is 0.889 bits per heavy atom. The summed E-state index contributed by atoms with van der Waals surface area (Å²) in [6, 6.07) is 16.8. The van der Waals surface area contributed by atoms with E-state index < -0.39 is 28.5 Å². The van der Waals surface area contributed by atoms with E-state index in [9.17, 15) is 13.2 Å². The lowest BCUT2D eigenvalue weighted by Crippen LogP contribution is -2.85. The summed E-state index contributed by atoms with van der Waals surface area (Å²) in [4.78, 5) is 0. The Morgan fingerprint density at radius 3 is 2.38 bits per heavy atom. The van der Waals surface area contributed by atoms with Gasteiger partial charge in [-0.3, -0.25) is 0 Å². The molecular weight excluding hydrogens is 576 g/mol. The molecular formula is C37H36F4N4+2. The zero-order valence-corrected chi connectivity index (χ0v) is 26.2. The molecule has 5 heterocycles. The van der Waals surface area contributed by atoms with Gasteiger partial charge >= 0.3 is 12.0 Å². The maximum atomic E-state index is 16.4. The topological polar surface area (TPSA) is 25.6 Å². The van der Waals surface area contributed by atoms with Crippen molar-refractivity contribution in [3.8, 4) is 22.6 Å². The first kappa shape index (κ1) is 28.4. The third-order valence-electron chi connectivity index (χ3n) is 11.1. The Balaban J connectivity index is 1.62. The maximum Gasteiger partial charge on any atom is 0.478 e. The molecule has 3 aliphatic rings. The first-order valence-electron chi connectivity index (χ1n) is 16.0. The van der Waals surface area contributed by atoms with Crippen molar-refractivity contribution in [3.63, 3.8) is 0 Å². The van der Waals surface area contributed by atoms with E-state index in [4.69, 9.17) is 0 Å². The van der Waals surface area contributed by atoms with E-state index >= 15 is 4.39 Å². The van der Waals surface area contributed by atoms with Crippen LogP contribution in [0.25, 0.3) is 33.4 Å². The van der Waals surface area contributed by atoms with Gasteiger partial charge in [0.15, 0.2) is 23.5 Å². The first-order valence-corrected chi connectivity index (χ1v) is 16.0. The number of alkyl halides is 3. The number of hydrogen-bond acceptors (Lipinski definition) is 1. The van der Waals surface area contributed by atoms with Gasteiger partial charge in [-0.25, -0.2) is 4.39 Å². The Labute approximate surface area is 260 Å². The first-order chi connectivity index (χ1) is 21.5. The number of benzene rings is 2. The number of pyridine rings is 2. The van der Waals surface area contributed by atoms with Crippen LogP contribution in [0.3, 0.4) is 0 Å². The molecule has 3 aromatic heterocycles. The number of unbranched alkanes of at least 4 members (excludes halogenated alkanes) is 1.